The summed E-state index contributed by atoms with van der Waals surface area (Å²) in [6, 6.07) is 3.61. The van der Waals surface area contributed by atoms with Crippen molar-refractivity contribution >= 4 is 0 Å². The van der Waals surface area contributed by atoms with Crippen LogP contribution in [-0.2, 0) is 4.74 Å². The molecule has 15 heteroatoms. The van der Waals surface area contributed by atoms with E-state index in [0.717, 1.165) is 16.8 Å². The van der Waals surface area contributed by atoms with Crippen molar-refractivity contribution in [2.45, 2.75) is 36.9 Å². The van der Waals surface area contributed by atoms with Crippen molar-refractivity contribution in [3.8, 4) is 22.8 Å². The van der Waals surface area contributed by atoms with Crippen molar-refractivity contribution in [3.63, 3.8) is 0 Å². The van der Waals surface area contributed by atoms with Gasteiger partial charge in [-0.2, -0.15) is 0 Å². The predicted molar refractivity (Wildman–Crippen MR) is 121 cm³/mol. The lowest BCUT2D eigenvalue weighted by Gasteiger charge is -2.42. The van der Waals surface area contributed by atoms with Gasteiger partial charge in [-0.3, -0.25) is 4.57 Å². The van der Waals surface area contributed by atoms with Gasteiger partial charge in [-0.05, 0) is 24.6 Å². The summed E-state index contributed by atoms with van der Waals surface area (Å²) in [7, 11) is 1.46. The van der Waals surface area contributed by atoms with Crippen molar-refractivity contribution < 1.29 is 38.0 Å². The summed E-state index contributed by atoms with van der Waals surface area (Å²) in [5.41, 5.74) is 0.423. The smallest absolute Gasteiger partial charge is 0.215 e. The van der Waals surface area contributed by atoms with E-state index in [1.165, 1.54) is 25.8 Å². The van der Waals surface area contributed by atoms with E-state index in [9.17, 15) is 28.5 Å². The Balaban J connectivity index is 1.52. The molecule has 1 aliphatic heterocycles. The van der Waals surface area contributed by atoms with E-state index < -0.39 is 47.9 Å². The first-order valence-electron chi connectivity index (χ1n) is 11.4. The largest absolute Gasteiger partial charge is 0.481 e. The Bertz CT molecular complexity index is 1410. The molecule has 0 unspecified atom stereocenters. The zero-order valence-corrected chi connectivity index (χ0v) is 19.8. The van der Waals surface area contributed by atoms with Gasteiger partial charge in [0.15, 0.2) is 23.3 Å². The maximum absolute atomic E-state index is 13.8. The molecule has 200 valence electrons. The minimum Gasteiger partial charge on any atom is -0.481 e. The third-order valence-electron chi connectivity index (χ3n) is 6.26. The lowest BCUT2D eigenvalue weighted by molar-refractivity contribution is -0.205. The molecular weight excluding hydrogens is 511 g/mol. The highest BCUT2D eigenvalue weighted by Gasteiger charge is 2.48. The third kappa shape index (κ3) is 4.60. The van der Waals surface area contributed by atoms with E-state index in [2.05, 4.69) is 25.5 Å². The van der Waals surface area contributed by atoms with Crippen LogP contribution < -0.4 is 4.74 Å². The van der Waals surface area contributed by atoms with E-state index in [1.54, 1.807) is 16.7 Å². The molecule has 0 saturated carbocycles. The predicted octanol–water partition coefficient (Wildman–Crippen LogP) is 1.13. The SMILES string of the molecule is COc1cc(-n2cnnc2[C@@H]2O[C@H](CCO)[C@H](O)[C@H](n3cc(-c4cc(F)c(F)c(F)c4)nn3)[C@H]2O)ccn1. The normalized spacial score (nSPS) is 23.5. The summed E-state index contributed by atoms with van der Waals surface area (Å²) in [5, 5.41) is 47.8. The first-order chi connectivity index (χ1) is 18.3. The van der Waals surface area contributed by atoms with Crippen LogP contribution in [-0.4, -0.2) is 82.1 Å². The molecule has 5 atom stereocenters. The monoisotopic (exact) mass is 533 g/mol. The zero-order valence-electron chi connectivity index (χ0n) is 19.8. The van der Waals surface area contributed by atoms with Crippen LogP contribution in [0.5, 0.6) is 5.88 Å². The second-order valence-corrected chi connectivity index (χ2v) is 8.53. The molecule has 38 heavy (non-hydrogen) atoms. The Kier molecular flexibility index (Phi) is 7.07. The first-order valence-corrected chi connectivity index (χ1v) is 11.4. The number of methoxy groups -OCH3 is 1. The van der Waals surface area contributed by atoms with E-state index in [4.69, 9.17) is 9.47 Å². The van der Waals surface area contributed by atoms with Gasteiger partial charge in [-0.1, -0.05) is 5.21 Å². The highest BCUT2D eigenvalue weighted by Crippen LogP contribution is 2.39. The molecule has 1 aromatic carbocycles. The molecule has 3 N–H and O–H groups in total. The van der Waals surface area contributed by atoms with Crippen LogP contribution >= 0.6 is 0 Å². The van der Waals surface area contributed by atoms with Crippen molar-refractivity contribution in [3.05, 3.63) is 66.3 Å². The Morgan fingerprint density at radius 1 is 1.08 bits per heavy atom. The number of rotatable bonds is 7. The van der Waals surface area contributed by atoms with Crippen molar-refractivity contribution in [1.82, 2.24) is 34.7 Å². The highest BCUT2D eigenvalue weighted by molar-refractivity contribution is 5.58. The van der Waals surface area contributed by atoms with Crippen molar-refractivity contribution in [2.24, 2.45) is 0 Å². The number of hydrogen-bond acceptors (Lipinski definition) is 10. The van der Waals surface area contributed by atoms with E-state index in [-0.39, 0.29) is 30.1 Å². The first kappa shape index (κ1) is 25.7. The maximum atomic E-state index is 13.8. The Morgan fingerprint density at radius 3 is 2.55 bits per heavy atom. The second kappa shape index (κ2) is 10.4. The van der Waals surface area contributed by atoms with Crippen LogP contribution in [0.4, 0.5) is 13.2 Å². The Hall–Kier alpha value is -3.92. The lowest BCUT2D eigenvalue weighted by atomic mass is 9.90. The van der Waals surface area contributed by atoms with E-state index in [1.807, 2.05) is 0 Å². The molecule has 12 nitrogen and oxygen atoms in total. The van der Waals surface area contributed by atoms with Crippen molar-refractivity contribution in [2.75, 3.05) is 13.7 Å². The maximum Gasteiger partial charge on any atom is 0.215 e. The lowest BCUT2D eigenvalue weighted by Crippen LogP contribution is -2.52. The number of ether oxygens (including phenoxy) is 2. The third-order valence-corrected chi connectivity index (χ3v) is 6.26. The minimum absolute atomic E-state index is 0.00798. The summed E-state index contributed by atoms with van der Waals surface area (Å²) in [4.78, 5) is 4.06. The number of aromatic nitrogens is 7. The molecule has 4 heterocycles. The number of hydrogen-bond donors (Lipinski definition) is 3. The van der Waals surface area contributed by atoms with Gasteiger partial charge >= 0.3 is 0 Å². The fourth-order valence-electron chi connectivity index (χ4n) is 4.40. The van der Waals surface area contributed by atoms with Gasteiger partial charge in [-0.25, -0.2) is 22.8 Å². The summed E-state index contributed by atoms with van der Waals surface area (Å²) in [6.07, 6.45) is -0.806. The summed E-state index contributed by atoms with van der Waals surface area (Å²) >= 11 is 0. The van der Waals surface area contributed by atoms with Gasteiger partial charge in [0.25, 0.3) is 0 Å². The number of aliphatic hydroxyl groups excluding tert-OH is 3. The number of benzene rings is 1. The Labute approximate surface area is 212 Å². The number of aliphatic hydroxyl groups is 3. The molecule has 0 aliphatic carbocycles. The number of pyridine rings is 1. The Morgan fingerprint density at radius 2 is 1.84 bits per heavy atom. The van der Waals surface area contributed by atoms with Crippen LogP contribution in [0.3, 0.4) is 0 Å². The van der Waals surface area contributed by atoms with Gasteiger partial charge in [0.05, 0.1) is 25.1 Å². The summed E-state index contributed by atoms with van der Waals surface area (Å²) in [5.74, 6) is -3.94. The molecule has 3 aromatic heterocycles. The second-order valence-electron chi connectivity index (χ2n) is 8.53. The number of nitrogens with zero attached hydrogens (tertiary/aromatic N) is 7. The van der Waals surface area contributed by atoms with Gasteiger partial charge < -0.3 is 24.8 Å². The molecule has 1 aliphatic rings. The molecule has 0 spiro atoms. The van der Waals surface area contributed by atoms with Crippen LogP contribution in [0.2, 0.25) is 0 Å². The van der Waals surface area contributed by atoms with Crippen LogP contribution in [0.15, 0.2) is 43.0 Å². The molecule has 5 rings (SSSR count). The van der Waals surface area contributed by atoms with Crippen molar-refractivity contribution in [1.29, 1.82) is 0 Å². The molecule has 4 aromatic rings. The van der Waals surface area contributed by atoms with Crippen LogP contribution in [0.1, 0.15) is 24.4 Å². The fourth-order valence-corrected chi connectivity index (χ4v) is 4.40. The topological polar surface area (TPSA) is 153 Å². The highest BCUT2D eigenvalue weighted by atomic mass is 19.2. The van der Waals surface area contributed by atoms with E-state index in [0.29, 0.717) is 11.6 Å². The van der Waals surface area contributed by atoms with E-state index >= 15 is 0 Å². The average Bonchev–Trinajstić information content (AvgIpc) is 3.59. The molecule has 0 amide bonds. The quantitative estimate of drug-likeness (QED) is 0.295. The molecular formula is C23H22F3N7O5. The zero-order chi connectivity index (χ0) is 27.0. The molecule has 0 radical (unpaired) electrons. The number of halogens is 3. The molecule has 1 fully saturated rings. The van der Waals surface area contributed by atoms with Gasteiger partial charge in [0.1, 0.15) is 36.4 Å². The molecule has 0 bridgehead atoms. The van der Waals surface area contributed by atoms with Crippen LogP contribution in [0.25, 0.3) is 16.9 Å². The average molecular weight is 533 g/mol. The van der Waals surface area contributed by atoms with Gasteiger partial charge in [-0.15, -0.1) is 15.3 Å². The standard InChI is InChI=1S/C23H22F3N7O5/c1-37-17-8-12(2-4-27-17)32-10-28-30-23(32)22-21(36)19(20(35)16(38-22)3-5-34)33-9-15(29-31-33)11-6-13(24)18(26)14(25)7-11/h2,4,6-10,16,19-22,34-36H,3,5H2,1H3/t16-,19+,20+,21-,22-/m1/s1. The summed E-state index contributed by atoms with van der Waals surface area (Å²) < 4.78 is 54.7. The fraction of sp³-hybridized carbons (Fsp3) is 0.348. The summed E-state index contributed by atoms with van der Waals surface area (Å²) in [6.45, 7) is -0.331. The van der Waals surface area contributed by atoms with Gasteiger partial charge in [0.2, 0.25) is 5.88 Å². The minimum atomic E-state index is -1.62. The van der Waals surface area contributed by atoms with Gasteiger partial charge in [0, 0.05) is 24.4 Å². The van der Waals surface area contributed by atoms with Crippen LogP contribution in [0, 0.1) is 17.5 Å². The molecule has 1 saturated heterocycles.